The molecule has 0 unspecified atom stereocenters. The fourth-order valence-corrected chi connectivity index (χ4v) is 23.6. The Morgan fingerprint density at radius 3 is 0.894 bits per heavy atom. The van der Waals surface area contributed by atoms with E-state index < -0.39 is 0 Å². The predicted octanol–water partition coefficient (Wildman–Crippen LogP) is 34.4. The van der Waals surface area contributed by atoms with Gasteiger partial charge in [0.05, 0.1) is 28.2 Å². The van der Waals surface area contributed by atoms with Gasteiger partial charge in [0.15, 0.2) is 0 Å². The highest BCUT2D eigenvalue weighted by Gasteiger charge is 2.25. The van der Waals surface area contributed by atoms with E-state index >= 15 is 0 Å². The minimum Gasteiger partial charge on any atom is -0.139 e. The molecule has 8 rings (SSSR count). The number of thiophene rings is 6. The molecule has 0 saturated heterocycles. The Bertz CT molecular complexity index is 3300. The Kier molecular flexibility index (Phi) is 37.1. The smallest absolute Gasteiger partial charge is 0.0546 e. The number of hydrogen-bond acceptors (Lipinski definition) is 6. The van der Waals surface area contributed by atoms with Crippen molar-refractivity contribution in [2.75, 3.05) is 0 Å². The quantitative estimate of drug-likeness (QED) is 0.0333. The first-order valence-corrected chi connectivity index (χ1v) is 45.7. The van der Waals surface area contributed by atoms with Crippen LogP contribution in [0.5, 0.6) is 0 Å². The molecular formula is C88H136S6. The lowest BCUT2D eigenvalue weighted by Gasteiger charge is -2.07. The van der Waals surface area contributed by atoms with Gasteiger partial charge in [-0.1, -0.05) is 338 Å². The number of benzene rings is 2. The van der Waals surface area contributed by atoms with Crippen LogP contribution in [0.25, 0.3) is 69.3 Å². The molecule has 0 aliphatic heterocycles. The van der Waals surface area contributed by atoms with Gasteiger partial charge < -0.3 is 0 Å². The maximum absolute atomic E-state index is 2.73. The monoisotopic (exact) mass is 1380 g/mol. The van der Waals surface area contributed by atoms with Crippen molar-refractivity contribution in [1.82, 2.24) is 0 Å². The lowest BCUT2D eigenvalue weighted by Crippen LogP contribution is -1.91. The standard InChI is InChI=1S/C88H136S6/c1-9-13-17-21-25-29-33-37-41-45-49-53-57-69-61-73-65-75(67(5)6)89-83(73)85-79(69)87-88(93-85)80-70(58-54-50-46-42-38-34-30-26-22-18-14-10-2)62-74-66-78(92-84(74)86(80)94-87)82-72(60-56-52-48-44-40-36-32-28-24-20-16-12-4)64-77(91-82)76-63-71(81(90-76)68(7)8)59-55-51-47-43-39-35-31-27-23-19-15-11-3/h61-68H,9-60H2,1-8H3. The Morgan fingerprint density at radius 2 is 0.532 bits per heavy atom. The van der Waals surface area contributed by atoms with E-state index in [1.54, 1.807) is 75.9 Å². The second kappa shape index (κ2) is 44.9. The molecule has 0 amide bonds. The van der Waals surface area contributed by atoms with Crippen molar-refractivity contribution in [3.05, 3.63) is 68.4 Å². The van der Waals surface area contributed by atoms with Crippen LogP contribution in [0, 0.1) is 0 Å². The molecule has 0 aliphatic carbocycles. The number of aryl methyl sites for hydroxylation is 4. The van der Waals surface area contributed by atoms with Crippen LogP contribution in [0.1, 0.15) is 407 Å². The first kappa shape index (κ1) is 77.7. The summed E-state index contributed by atoms with van der Waals surface area (Å²) >= 11 is 12.9. The second-order valence-electron chi connectivity index (χ2n) is 30.3. The minimum absolute atomic E-state index is 0.552. The molecule has 0 radical (unpaired) electrons. The Labute approximate surface area is 601 Å². The summed E-state index contributed by atoms with van der Waals surface area (Å²) in [6.07, 6.45) is 72.3. The molecule has 6 heteroatoms. The van der Waals surface area contributed by atoms with Gasteiger partial charge in [0.2, 0.25) is 0 Å². The summed E-state index contributed by atoms with van der Waals surface area (Å²) in [7, 11) is 0. The zero-order valence-corrected chi connectivity index (χ0v) is 66.7. The van der Waals surface area contributed by atoms with Crippen molar-refractivity contribution in [1.29, 1.82) is 0 Å². The minimum atomic E-state index is 0.552. The molecule has 524 valence electrons. The molecule has 0 nitrogen and oxygen atoms in total. The van der Waals surface area contributed by atoms with Gasteiger partial charge in [-0.2, -0.15) is 0 Å². The normalized spacial score (nSPS) is 12.3. The summed E-state index contributed by atoms with van der Waals surface area (Å²) < 4.78 is 9.51. The van der Waals surface area contributed by atoms with Crippen LogP contribution in [0.4, 0.5) is 0 Å². The van der Waals surface area contributed by atoms with Gasteiger partial charge in [0.1, 0.15) is 0 Å². The van der Waals surface area contributed by atoms with Crippen molar-refractivity contribution in [3.8, 4) is 19.5 Å². The highest BCUT2D eigenvalue weighted by Crippen LogP contribution is 2.55. The van der Waals surface area contributed by atoms with Crippen LogP contribution >= 0.6 is 68.0 Å². The van der Waals surface area contributed by atoms with Crippen molar-refractivity contribution in [3.63, 3.8) is 0 Å². The molecule has 6 heterocycles. The van der Waals surface area contributed by atoms with Crippen molar-refractivity contribution >= 4 is 118 Å². The summed E-state index contributed by atoms with van der Waals surface area (Å²) in [5.41, 5.74) is 6.53. The third-order valence-electron chi connectivity index (χ3n) is 21.2. The van der Waals surface area contributed by atoms with Crippen LogP contribution < -0.4 is 0 Å². The predicted molar refractivity (Wildman–Crippen MR) is 439 cm³/mol. The van der Waals surface area contributed by atoms with Crippen molar-refractivity contribution < 1.29 is 0 Å². The first-order valence-electron chi connectivity index (χ1n) is 40.8. The summed E-state index contributed by atoms with van der Waals surface area (Å²) in [5, 5.41) is 6.26. The van der Waals surface area contributed by atoms with E-state index in [1.165, 1.54) is 359 Å². The first-order chi connectivity index (χ1) is 46.2. The lowest BCUT2D eigenvalue weighted by molar-refractivity contribution is 0.544. The number of fused-ring (bicyclic) bond motifs is 9. The van der Waals surface area contributed by atoms with Gasteiger partial charge in [0, 0.05) is 40.0 Å². The van der Waals surface area contributed by atoms with Crippen LogP contribution in [0.3, 0.4) is 0 Å². The largest absolute Gasteiger partial charge is 0.139 e. The van der Waals surface area contributed by atoms with E-state index in [9.17, 15) is 0 Å². The van der Waals surface area contributed by atoms with E-state index in [2.05, 4.69) is 160 Å². The van der Waals surface area contributed by atoms with Gasteiger partial charge >= 0.3 is 0 Å². The summed E-state index contributed by atoms with van der Waals surface area (Å²) in [5.74, 6) is 1.12. The summed E-state index contributed by atoms with van der Waals surface area (Å²) in [4.78, 5) is 9.34. The number of unbranched alkanes of at least 4 members (excludes halogenated alkanes) is 44. The third kappa shape index (κ3) is 24.6. The second-order valence-corrected chi connectivity index (χ2v) is 36.6. The highest BCUT2D eigenvalue weighted by atomic mass is 32.1. The SMILES string of the molecule is CCCCCCCCCCCCCCc1cc(-c2cc(CCCCCCCCCCCCCC)c(C(C)C)s2)sc1-c1cc2cc(CCCCCCCCCCCCCC)c3c(sc4c3sc3c5sc(C(C)C)cc5cc(CCCCCCCCCCCCCC)c34)c2s1. The average molecular weight is 1390 g/mol. The van der Waals surface area contributed by atoms with Crippen LogP contribution in [-0.4, -0.2) is 0 Å². The maximum Gasteiger partial charge on any atom is 0.0546 e. The van der Waals surface area contributed by atoms with Crippen LogP contribution in [0.15, 0.2) is 36.4 Å². The summed E-state index contributed by atoms with van der Waals surface area (Å²) in [6, 6.07) is 16.0. The zero-order valence-electron chi connectivity index (χ0n) is 61.8. The molecule has 8 aromatic rings. The van der Waals surface area contributed by atoms with Crippen molar-refractivity contribution in [2.45, 2.75) is 401 Å². The Balaban J connectivity index is 1.07. The number of rotatable bonds is 56. The summed E-state index contributed by atoms with van der Waals surface area (Å²) in [6.45, 7) is 19.0. The van der Waals surface area contributed by atoms with Gasteiger partial charge in [-0.25, -0.2) is 0 Å². The lowest BCUT2D eigenvalue weighted by atomic mass is 9.98. The van der Waals surface area contributed by atoms with Gasteiger partial charge in [-0.3, -0.25) is 0 Å². The number of hydrogen-bond donors (Lipinski definition) is 0. The zero-order chi connectivity index (χ0) is 66.0. The highest BCUT2D eigenvalue weighted by molar-refractivity contribution is 7.40. The molecule has 94 heavy (non-hydrogen) atoms. The topological polar surface area (TPSA) is 0 Å². The van der Waals surface area contributed by atoms with E-state index in [0.29, 0.717) is 11.8 Å². The molecule has 0 spiro atoms. The van der Waals surface area contributed by atoms with Crippen LogP contribution in [-0.2, 0) is 25.7 Å². The Morgan fingerprint density at radius 1 is 0.234 bits per heavy atom. The maximum atomic E-state index is 2.73. The molecule has 0 saturated carbocycles. The Hall–Kier alpha value is -2.06. The molecule has 0 bridgehead atoms. The van der Waals surface area contributed by atoms with Crippen molar-refractivity contribution in [2.24, 2.45) is 0 Å². The third-order valence-corrected chi connectivity index (χ3v) is 29.7. The van der Waals surface area contributed by atoms with E-state index in [-0.39, 0.29) is 0 Å². The van der Waals surface area contributed by atoms with Gasteiger partial charge in [-0.15, -0.1) is 68.0 Å². The molecule has 6 aromatic heterocycles. The van der Waals surface area contributed by atoms with Gasteiger partial charge in [0.25, 0.3) is 0 Å². The molecule has 0 fully saturated rings. The van der Waals surface area contributed by atoms with E-state index in [0.717, 1.165) is 0 Å². The van der Waals surface area contributed by atoms with Crippen LogP contribution in [0.2, 0.25) is 0 Å². The van der Waals surface area contributed by atoms with E-state index in [1.807, 2.05) is 0 Å². The fraction of sp³-hybridized carbons (Fsp3) is 0.705. The molecule has 0 N–H and O–H groups in total. The average Bonchev–Trinajstić information content (AvgIpc) is 1.55. The molecule has 0 atom stereocenters. The molecule has 0 aliphatic rings. The molecule has 2 aromatic carbocycles. The van der Waals surface area contributed by atoms with Gasteiger partial charge in [-0.05, 0) is 133 Å². The molecular weight excluding hydrogens is 1250 g/mol. The van der Waals surface area contributed by atoms with E-state index in [4.69, 9.17) is 0 Å². The fourth-order valence-electron chi connectivity index (χ4n) is 15.4.